The number of piperidine rings is 1. The van der Waals surface area contributed by atoms with Crippen molar-refractivity contribution in [2.24, 2.45) is 17.8 Å². The fraction of sp³-hybridized carbons (Fsp3) is 0.562. The zero-order valence-electron chi connectivity index (χ0n) is 23.0. The summed E-state index contributed by atoms with van der Waals surface area (Å²) in [5, 5.41) is 11.8. The summed E-state index contributed by atoms with van der Waals surface area (Å²) in [7, 11) is 0. The number of aliphatic hydroxyl groups is 1. The standard InChI is InChI=1S/C32H42N2O4/c1-22(2)19-34(31(37)25-8-5-4-6-9-25)27-17-30(36)29-21-33(20-24-12-13-24)15-14-32(29,18-27)26-10-7-11-28(16-26)38-23(3)35/h4-11,16,22,24,27,29-30,36H,12-15,17-21H2,1-3H3/t27-,29+,30?,32+/m1/s1. The van der Waals surface area contributed by atoms with E-state index in [1.165, 1.54) is 19.8 Å². The van der Waals surface area contributed by atoms with Crippen LogP contribution >= 0.6 is 0 Å². The molecule has 0 aromatic heterocycles. The molecule has 0 radical (unpaired) electrons. The van der Waals surface area contributed by atoms with Gasteiger partial charge in [-0.3, -0.25) is 9.59 Å². The van der Waals surface area contributed by atoms with E-state index in [4.69, 9.17) is 4.74 Å². The molecule has 5 rings (SSSR count). The minimum atomic E-state index is -0.522. The molecule has 38 heavy (non-hydrogen) atoms. The molecule has 6 heteroatoms. The second-order valence-corrected chi connectivity index (χ2v) is 12.2. The van der Waals surface area contributed by atoms with Gasteiger partial charge in [0.15, 0.2) is 0 Å². The van der Waals surface area contributed by atoms with E-state index in [2.05, 4.69) is 24.8 Å². The molecule has 2 aliphatic carbocycles. The second-order valence-electron chi connectivity index (χ2n) is 12.2. The van der Waals surface area contributed by atoms with E-state index in [-0.39, 0.29) is 29.3 Å². The van der Waals surface area contributed by atoms with Gasteiger partial charge in [0, 0.05) is 49.5 Å². The van der Waals surface area contributed by atoms with Gasteiger partial charge in [0.25, 0.3) is 5.91 Å². The molecule has 3 fully saturated rings. The Labute approximate surface area is 227 Å². The Morgan fingerprint density at radius 2 is 1.89 bits per heavy atom. The predicted molar refractivity (Wildman–Crippen MR) is 148 cm³/mol. The number of likely N-dealkylation sites (tertiary alicyclic amines) is 1. The minimum absolute atomic E-state index is 0.0323. The maximum Gasteiger partial charge on any atom is 0.308 e. The summed E-state index contributed by atoms with van der Waals surface area (Å²) >= 11 is 0. The number of hydrogen-bond acceptors (Lipinski definition) is 5. The molecule has 1 amide bonds. The van der Waals surface area contributed by atoms with E-state index in [0.29, 0.717) is 30.2 Å². The number of fused-ring (bicyclic) bond motifs is 1. The molecule has 1 heterocycles. The van der Waals surface area contributed by atoms with E-state index >= 15 is 0 Å². The Hall–Kier alpha value is -2.70. The van der Waals surface area contributed by atoms with Crippen LogP contribution < -0.4 is 4.74 Å². The summed E-state index contributed by atoms with van der Waals surface area (Å²) in [5.74, 6) is 1.40. The van der Waals surface area contributed by atoms with E-state index in [1.807, 2.05) is 53.4 Å². The third-order valence-electron chi connectivity index (χ3n) is 8.78. The summed E-state index contributed by atoms with van der Waals surface area (Å²) < 4.78 is 5.48. The highest BCUT2D eigenvalue weighted by atomic mass is 16.5. The zero-order chi connectivity index (χ0) is 26.9. The van der Waals surface area contributed by atoms with Crippen LogP contribution in [0.3, 0.4) is 0 Å². The first kappa shape index (κ1) is 26.9. The lowest BCUT2D eigenvalue weighted by Gasteiger charge is -2.56. The van der Waals surface area contributed by atoms with Gasteiger partial charge < -0.3 is 19.6 Å². The average molecular weight is 519 g/mol. The number of esters is 1. The molecular formula is C32H42N2O4. The van der Waals surface area contributed by atoms with Gasteiger partial charge >= 0.3 is 5.97 Å². The summed E-state index contributed by atoms with van der Waals surface area (Å²) in [5.41, 5.74) is 1.49. The van der Waals surface area contributed by atoms with Crippen LogP contribution in [0.5, 0.6) is 5.75 Å². The van der Waals surface area contributed by atoms with Crippen molar-refractivity contribution in [1.82, 2.24) is 9.80 Å². The van der Waals surface area contributed by atoms with Gasteiger partial charge in [-0.1, -0.05) is 44.2 Å². The van der Waals surface area contributed by atoms with Crippen molar-refractivity contribution in [2.75, 3.05) is 26.2 Å². The molecule has 2 aromatic rings. The van der Waals surface area contributed by atoms with Crippen LogP contribution in [0, 0.1) is 17.8 Å². The number of rotatable bonds is 8. The summed E-state index contributed by atoms with van der Waals surface area (Å²) in [4.78, 5) is 30.1. The van der Waals surface area contributed by atoms with Crippen molar-refractivity contribution in [3.05, 3.63) is 65.7 Å². The quantitative estimate of drug-likeness (QED) is 0.398. The largest absolute Gasteiger partial charge is 0.427 e. The van der Waals surface area contributed by atoms with Crippen molar-refractivity contribution in [1.29, 1.82) is 0 Å². The van der Waals surface area contributed by atoms with Gasteiger partial charge in [-0.25, -0.2) is 0 Å². The first-order valence-corrected chi connectivity index (χ1v) is 14.3. The van der Waals surface area contributed by atoms with Crippen LogP contribution in [-0.4, -0.2) is 65.1 Å². The normalized spacial score (nSPS) is 27.6. The first-order chi connectivity index (χ1) is 18.2. The number of ether oxygens (including phenoxy) is 1. The molecule has 6 nitrogen and oxygen atoms in total. The highest BCUT2D eigenvalue weighted by Crippen LogP contribution is 2.51. The smallest absolute Gasteiger partial charge is 0.308 e. The van der Waals surface area contributed by atoms with Gasteiger partial charge in [-0.2, -0.15) is 0 Å². The fourth-order valence-corrected chi connectivity index (χ4v) is 6.90. The Kier molecular flexibility index (Phi) is 7.92. The maximum atomic E-state index is 13.8. The summed E-state index contributed by atoms with van der Waals surface area (Å²) in [6.07, 6.45) is 4.39. The van der Waals surface area contributed by atoms with Crippen LogP contribution in [0.25, 0.3) is 0 Å². The Bertz CT molecular complexity index is 1130. The fourth-order valence-electron chi connectivity index (χ4n) is 6.90. The summed E-state index contributed by atoms with van der Waals surface area (Å²) in [6.45, 7) is 9.29. The topological polar surface area (TPSA) is 70.1 Å². The third-order valence-corrected chi connectivity index (χ3v) is 8.78. The summed E-state index contributed by atoms with van der Waals surface area (Å²) in [6, 6.07) is 17.3. The number of hydrogen-bond donors (Lipinski definition) is 1. The Morgan fingerprint density at radius 3 is 2.58 bits per heavy atom. The minimum Gasteiger partial charge on any atom is -0.427 e. The van der Waals surface area contributed by atoms with E-state index < -0.39 is 6.10 Å². The Morgan fingerprint density at radius 1 is 1.13 bits per heavy atom. The predicted octanol–water partition coefficient (Wildman–Crippen LogP) is 4.90. The van der Waals surface area contributed by atoms with Crippen LogP contribution in [0.1, 0.15) is 68.8 Å². The van der Waals surface area contributed by atoms with Crippen molar-refractivity contribution < 1.29 is 19.4 Å². The Balaban J connectivity index is 1.51. The van der Waals surface area contributed by atoms with Crippen molar-refractivity contribution in [3.8, 4) is 5.75 Å². The van der Waals surface area contributed by atoms with Gasteiger partial charge in [-0.05, 0) is 80.3 Å². The van der Waals surface area contributed by atoms with Crippen molar-refractivity contribution in [3.63, 3.8) is 0 Å². The van der Waals surface area contributed by atoms with E-state index in [0.717, 1.165) is 44.0 Å². The molecule has 1 saturated heterocycles. The molecule has 0 bridgehead atoms. The van der Waals surface area contributed by atoms with Gasteiger partial charge in [-0.15, -0.1) is 0 Å². The lowest BCUT2D eigenvalue weighted by atomic mass is 9.56. The van der Waals surface area contributed by atoms with Crippen LogP contribution in [-0.2, 0) is 10.2 Å². The number of carbonyl (C=O) groups is 2. The first-order valence-electron chi connectivity index (χ1n) is 14.3. The van der Waals surface area contributed by atoms with E-state index in [9.17, 15) is 14.7 Å². The van der Waals surface area contributed by atoms with Gasteiger partial charge in [0.1, 0.15) is 5.75 Å². The monoisotopic (exact) mass is 518 g/mol. The molecule has 204 valence electrons. The number of nitrogens with zero attached hydrogens (tertiary/aromatic N) is 2. The highest BCUT2D eigenvalue weighted by Gasteiger charge is 2.53. The average Bonchev–Trinajstić information content (AvgIpc) is 3.71. The molecule has 1 unspecified atom stereocenters. The maximum absolute atomic E-state index is 13.8. The molecule has 3 aliphatic rings. The molecule has 4 atom stereocenters. The second kappa shape index (κ2) is 11.2. The zero-order valence-corrected chi connectivity index (χ0v) is 23.0. The van der Waals surface area contributed by atoms with Crippen LogP contribution in [0.2, 0.25) is 0 Å². The SMILES string of the molecule is CC(=O)Oc1cccc([C@@]23CCN(CC4CC4)C[C@H]2C(O)C[C@@H](N(CC(C)C)C(=O)c2ccccc2)C3)c1. The number of amides is 1. The van der Waals surface area contributed by atoms with Crippen molar-refractivity contribution >= 4 is 11.9 Å². The molecule has 0 spiro atoms. The van der Waals surface area contributed by atoms with E-state index in [1.54, 1.807) is 0 Å². The van der Waals surface area contributed by atoms with Crippen LogP contribution in [0.4, 0.5) is 0 Å². The molecule has 2 aromatic carbocycles. The molecule has 1 aliphatic heterocycles. The highest BCUT2D eigenvalue weighted by molar-refractivity contribution is 5.94. The third kappa shape index (κ3) is 5.81. The molecule has 2 saturated carbocycles. The van der Waals surface area contributed by atoms with Crippen molar-refractivity contribution in [2.45, 2.75) is 70.4 Å². The van der Waals surface area contributed by atoms with Gasteiger partial charge in [0.2, 0.25) is 0 Å². The van der Waals surface area contributed by atoms with Crippen LogP contribution in [0.15, 0.2) is 54.6 Å². The number of aliphatic hydroxyl groups excluding tert-OH is 1. The lowest BCUT2D eigenvalue weighted by molar-refractivity contribution is -0.131. The number of benzene rings is 2. The lowest BCUT2D eigenvalue weighted by Crippen LogP contribution is -2.61. The van der Waals surface area contributed by atoms with Gasteiger partial charge in [0.05, 0.1) is 6.10 Å². The number of carbonyl (C=O) groups excluding carboxylic acids is 2. The molecule has 1 N–H and O–H groups in total. The molecular weight excluding hydrogens is 476 g/mol.